The lowest BCUT2D eigenvalue weighted by Crippen LogP contribution is -2.20. The van der Waals surface area contributed by atoms with Gasteiger partial charge in [0.05, 0.1) is 29.8 Å². The summed E-state index contributed by atoms with van der Waals surface area (Å²) >= 11 is 1.43. The second kappa shape index (κ2) is 6.76. The summed E-state index contributed by atoms with van der Waals surface area (Å²) in [6, 6.07) is 11.7. The number of hydrogen-bond acceptors (Lipinski definition) is 5. The van der Waals surface area contributed by atoms with Gasteiger partial charge in [0.15, 0.2) is 0 Å². The highest BCUT2D eigenvalue weighted by atomic mass is 32.2. The topological polar surface area (TPSA) is 84.5 Å². The minimum atomic E-state index is -0.528. The van der Waals surface area contributed by atoms with Crippen molar-refractivity contribution in [2.45, 2.75) is 4.90 Å². The lowest BCUT2D eigenvalue weighted by molar-refractivity contribution is -0.113. The Morgan fingerprint density at radius 1 is 1.21 bits per heavy atom. The van der Waals surface area contributed by atoms with E-state index in [9.17, 15) is 14.4 Å². The molecule has 6 nitrogen and oxygen atoms in total. The molecular formula is C17H14N2O4S. The molecular weight excluding hydrogens is 328 g/mol. The highest BCUT2D eigenvalue weighted by Gasteiger charge is 2.18. The first kappa shape index (κ1) is 16.1. The summed E-state index contributed by atoms with van der Waals surface area (Å²) in [7, 11) is 1.28. The molecule has 0 bridgehead atoms. The Kier molecular flexibility index (Phi) is 4.52. The van der Waals surface area contributed by atoms with E-state index in [0.29, 0.717) is 22.7 Å². The number of fused-ring (bicyclic) bond motifs is 1. The van der Waals surface area contributed by atoms with Gasteiger partial charge in [-0.15, -0.1) is 11.8 Å². The van der Waals surface area contributed by atoms with E-state index in [1.807, 2.05) is 0 Å². The Morgan fingerprint density at radius 2 is 2.00 bits per heavy atom. The van der Waals surface area contributed by atoms with Crippen LogP contribution in [-0.4, -0.2) is 30.6 Å². The first-order valence-corrected chi connectivity index (χ1v) is 8.12. The van der Waals surface area contributed by atoms with Gasteiger partial charge < -0.3 is 15.4 Å². The van der Waals surface area contributed by atoms with Gasteiger partial charge in [-0.25, -0.2) is 4.79 Å². The van der Waals surface area contributed by atoms with Crippen molar-refractivity contribution in [2.75, 3.05) is 23.5 Å². The van der Waals surface area contributed by atoms with Gasteiger partial charge in [-0.1, -0.05) is 12.1 Å². The number of anilines is 2. The normalized spacial score (nSPS) is 12.8. The molecule has 3 rings (SSSR count). The van der Waals surface area contributed by atoms with Crippen LogP contribution in [0.3, 0.4) is 0 Å². The SMILES string of the molecule is COC(=O)c1ccccc1NC(=O)c1ccc2c(c1)NC(=O)CS2. The van der Waals surface area contributed by atoms with Gasteiger partial charge in [-0.3, -0.25) is 9.59 Å². The molecule has 0 unspecified atom stereocenters. The van der Waals surface area contributed by atoms with Crippen LogP contribution in [0.1, 0.15) is 20.7 Å². The summed E-state index contributed by atoms with van der Waals surface area (Å²) in [5.74, 6) is -0.634. The predicted molar refractivity (Wildman–Crippen MR) is 91.5 cm³/mol. The molecule has 24 heavy (non-hydrogen) atoms. The van der Waals surface area contributed by atoms with Gasteiger partial charge >= 0.3 is 5.97 Å². The number of carbonyl (C=O) groups is 3. The summed E-state index contributed by atoms with van der Waals surface area (Å²) < 4.78 is 4.71. The smallest absolute Gasteiger partial charge is 0.339 e. The van der Waals surface area contributed by atoms with E-state index in [0.717, 1.165) is 4.90 Å². The molecule has 0 saturated heterocycles. The third-order valence-corrected chi connectivity index (χ3v) is 4.53. The van der Waals surface area contributed by atoms with Crippen LogP contribution in [0.25, 0.3) is 0 Å². The number of amides is 2. The predicted octanol–water partition coefficient (Wildman–Crippen LogP) is 2.77. The molecule has 2 N–H and O–H groups in total. The van der Waals surface area contributed by atoms with E-state index in [1.165, 1.54) is 18.9 Å². The number of rotatable bonds is 3. The van der Waals surface area contributed by atoms with E-state index in [2.05, 4.69) is 10.6 Å². The van der Waals surface area contributed by atoms with Gasteiger partial charge in [-0.05, 0) is 30.3 Å². The summed E-state index contributed by atoms with van der Waals surface area (Å²) in [6.07, 6.45) is 0. The Balaban J connectivity index is 1.85. The fourth-order valence-electron chi connectivity index (χ4n) is 2.30. The largest absolute Gasteiger partial charge is 0.465 e. The molecule has 0 aliphatic carbocycles. The lowest BCUT2D eigenvalue weighted by Gasteiger charge is -2.17. The van der Waals surface area contributed by atoms with E-state index >= 15 is 0 Å². The molecule has 122 valence electrons. The Labute approximate surface area is 142 Å². The first-order valence-electron chi connectivity index (χ1n) is 7.14. The molecule has 0 spiro atoms. The van der Waals surface area contributed by atoms with Crippen molar-refractivity contribution in [3.05, 3.63) is 53.6 Å². The Bertz CT molecular complexity index is 835. The zero-order chi connectivity index (χ0) is 17.1. The quantitative estimate of drug-likeness (QED) is 0.838. The molecule has 1 aliphatic heterocycles. The second-order valence-electron chi connectivity index (χ2n) is 5.04. The number of carbonyl (C=O) groups excluding carboxylic acids is 3. The number of hydrogen-bond donors (Lipinski definition) is 2. The van der Waals surface area contributed by atoms with E-state index in [-0.39, 0.29) is 17.4 Å². The third-order valence-electron chi connectivity index (χ3n) is 3.46. The van der Waals surface area contributed by atoms with Gasteiger partial charge in [0.2, 0.25) is 5.91 Å². The number of esters is 1. The monoisotopic (exact) mass is 342 g/mol. The Hall–Kier alpha value is -2.80. The van der Waals surface area contributed by atoms with Crippen LogP contribution in [0, 0.1) is 0 Å². The highest BCUT2D eigenvalue weighted by Crippen LogP contribution is 2.32. The summed E-state index contributed by atoms with van der Waals surface area (Å²) in [6.45, 7) is 0. The maximum Gasteiger partial charge on any atom is 0.339 e. The molecule has 0 aromatic heterocycles. The minimum absolute atomic E-state index is 0.0962. The van der Waals surface area contributed by atoms with Crippen LogP contribution < -0.4 is 10.6 Å². The fourth-order valence-corrected chi connectivity index (χ4v) is 3.09. The molecule has 0 saturated carbocycles. The summed E-state index contributed by atoms with van der Waals surface area (Å²) in [4.78, 5) is 36.6. The average Bonchev–Trinajstić information content (AvgIpc) is 2.60. The van der Waals surface area contributed by atoms with Crippen LogP contribution in [0.5, 0.6) is 0 Å². The van der Waals surface area contributed by atoms with Crippen LogP contribution in [0.15, 0.2) is 47.4 Å². The number of para-hydroxylation sites is 1. The summed E-state index contributed by atoms with van der Waals surface area (Å²) in [5.41, 5.74) is 1.64. The van der Waals surface area contributed by atoms with Crippen molar-refractivity contribution in [1.82, 2.24) is 0 Å². The third kappa shape index (κ3) is 3.26. The van der Waals surface area contributed by atoms with Crippen LogP contribution in [0.2, 0.25) is 0 Å². The number of ether oxygens (including phenoxy) is 1. The lowest BCUT2D eigenvalue weighted by atomic mass is 10.1. The molecule has 7 heteroatoms. The number of nitrogens with one attached hydrogen (secondary N) is 2. The van der Waals surface area contributed by atoms with Gasteiger partial charge in [0.1, 0.15) is 0 Å². The van der Waals surface area contributed by atoms with Crippen LogP contribution in [-0.2, 0) is 9.53 Å². The molecule has 1 aliphatic rings. The maximum atomic E-state index is 12.5. The first-order chi connectivity index (χ1) is 11.6. The van der Waals surface area contributed by atoms with Gasteiger partial charge in [0, 0.05) is 10.5 Å². The number of thioether (sulfide) groups is 1. The molecule has 0 radical (unpaired) electrons. The molecule has 2 amide bonds. The van der Waals surface area contributed by atoms with Crippen molar-refractivity contribution in [3.63, 3.8) is 0 Å². The van der Waals surface area contributed by atoms with Gasteiger partial charge in [-0.2, -0.15) is 0 Å². The van der Waals surface area contributed by atoms with E-state index < -0.39 is 5.97 Å². The van der Waals surface area contributed by atoms with Crippen molar-refractivity contribution >= 4 is 40.9 Å². The van der Waals surface area contributed by atoms with Crippen molar-refractivity contribution in [2.24, 2.45) is 0 Å². The highest BCUT2D eigenvalue weighted by molar-refractivity contribution is 8.00. The maximum absolute atomic E-state index is 12.5. The van der Waals surface area contributed by atoms with Crippen molar-refractivity contribution in [1.29, 1.82) is 0 Å². The molecule has 0 atom stereocenters. The van der Waals surface area contributed by atoms with E-state index in [1.54, 1.807) is 42.5 Å². The van der Waals surface area contributed by atoms with Gasteiger partial charge in [0.25, 0.3) is 5.91 Å². The molecule has 1 heterocycles. The summed E-state index contributed by atoms with van der Waals surface area (Å²) in [5, 5.41) is 5.44. The zero-order valence-corrected chi connectivity index (χ0v) is 13.6. The number of benzene rings is 2. The van der Waals surface area contributed by atoms with Crippen LogP contribution in [0.4, 0.5) is 11.4 Å². The molecule has 2 aromatic rings. The Morgan fingerprint density at radius 3 is 2.79 bits per heavy atom. The zero-order valence-electron chi connectivity index (χ0n) is 12.8. The average molecular weight is 342 g/mol. The fraction of sp³-hybridized carbons (Fsp3) is 0.118. The van der Waals surface area contributed by atoms with Crippen molar-refractivity contribution < 1.29 is 19.1 Å². The number of methoxy groups -OCH3 is 1. The van der Waals surface area contributed by atoms with E-state index in [4.69, 9.17) is 4.74 Å². The van der Waals surface area contributed by atoms with Crippen molar-refractivity contribution in [3.8, 4) is 0 Å². The molecule has 2 aromatic carbocycles. The second-order valence-corrected chi connectivity index (χ2v) is 6.06. The van der Waals surface area contributed by atoms with Crippen LogP contribution >= 0.6 is 11.8 Å². The molecule has 0 fully saturated rings. The minimum Gasteiger partial charge on any atom is -0.465 e. The standard InChI is InChI=1S/C17H14N2O4S/c1-23-17(22)11-4-2-3-5-12(11)19-16(21)10-6-7-14-13(8-10)18-15(20)9-24-14/h2-8H,9H2,1H3,(H,18,20)(H,19,21).